The summed E-state index contributed by atoms with van der Waals surface area (Å²) in [5.41, 5.74) is -0.337. The van der Waals surface area contributed by atoms with Crippen molar-refractivity contribution in [3.8, 4) is 6.07 Å². The van der Waals surface area contributed by atoms with E-state index in [-0.39, 0.29) is 5.54 Å². The maximum absolute atomic E-state index is 9.22. The molecular weight excluding hydrogens is 210 g/mol. The highest BCUT2D eigenvalue weighted by molar-refractivity contribution is 5.03. The van der Waals surface area contributed by atoms with E-state index in [1.165, 1.54) is 19.3 Å². The highest BCUT2D eigenvalue weighted by Crippen LogP contribution is 2.24. The molecule has 1 atom stereocenters. The van der Waals surface area contributed by atoms with Gasteiger partial charge in [-0.3, -0.25) is 5.32 Å². The molecule has 98 valence electrons. The van der Waals surface area contributed by atoms with Crippen molar-refractivity contribution >= 4 is 0 Å². The van der Waals surface area contributed by atoms with Crippen LogP contribution < -0.4 is 5.32 Å². The van der Waals surface area contributed by atoms with Gasteiger partial charge in [0.25, 0.3) is 0 Å². The van der Waals surface area contributed by atoms with Gasteiger partial charge in [-0.25, -0.2) is 0 Å². The fourth-order valence-electron chi connectivity index (χ4n) is 2.28. The first kappa shape index (κ1) is 14.5. The lowest BCUT2D eigenvalue weighted by Crippen LogP contribution is -2.43. The fraction of sp³-hybridized carbons (Fsp3) is 0.929. The van der Waals surface area contributed by atoms with Gasteiger partial charge in [0.05, 0.1) is 6.07 Å². The zero-order valence-corrected chi connectivity index (χ0v) is 11.6. The van der Waals surface area contributed by atoms with Gasteiger partial charge >= 0.3 is 0 Å². The van der Waals surface area contributed by atoms with Crippen molar-refractivity contribution in [1.29, 1.82) is 5.26 Å². The number of rotatable bonds is 8. The fourth-order valence-corrected chi connectivity index (χ4v) is 2.28. The largest absolute Gasteiger partial charge is 0.303 e. The molecule has 1 saturated carbocycles. The van der Waals surface area contributed by atoms with Gasteiger partial charge in [0.15, 0.2) is 0 Å². The van der Waals surface area contributed by atoms with Crippen LogP contribution in [0.15, 0.2) is 0 Å². The van der Waals surface area contributed by atoms with Crippen molar-refractivity contribution in [2.45, 2.75) is 64.0 Å². The number of nitriles is 1. The third-order valence-corrected chi connectivity index (χ3v) is 3.90. The van der Waals surface area contributed by atoms with E-state index < -0.39 is 0 Å². The second-order valence-corrected chi connectivity index (χ2v) is 5.54. The molecule has 0 aromatic carbocycles. The Kier molecular flexibility index (Phi) is 5.94. The molecule has 0 heterocycles. The van der Waals surface area contributed by atoms with Crippen LogP contribution in [0.1, 0.15) is 52.4 Å². The van der Waals surface area contributed by atoms with E-state index in [0.717, 1.165) is 38.4 Å². The minimum absolute atomic E-state index is 0.337. The third kappa shape index (κ3) is 4.65. The zero-order valence-electron chi connectivity index (χ0n) is 11.6. The predicted molar refractivity (Wildman–Crippen MR) is 71.8 cm³/mol. The Labute approximate surface area is 106 Å². The Morgan fingerprint density at radius 2 is 2.18 bits per heavy atom. The molecule has 0 radical (unpaired) electrons. The van der Waals surface area contributed by atoms with Gasteiger partial charge in [-0.2, -0.15) is 5.26 Å². The number of hydrogen-bond acceptors (Lipinski definition) is 3. The average molecular weight is 237 g/mol. The van der Waals surface area contributed by atoms with Crippen LogP contribution in [0.2, 0.25) is 0 Å². The Balaban J connectivity index is 2.20. The molecule has 1 fully saturated rings. The summed E-state index contributed by atoms with van der Waals surface area (Å²) in [4.78, 5) is 2.46. The van der Waals surface area contributed by atoms with Crippen LogP contribution in [0.4, 0.5) is 0 Å². The standard InChI is InChI=1S/C14H27N3/c1-4-10-16-14(2,12-15)9-6-11-17(3)13-7-5-8-13/h13,16H,4-11H2,1-3H3. The molecule has 0 spiro atoms. The summed E-state index contributed by atoms with van der Waals surface area (Å²) in [5, 5.41) is 12.6. The monoisotopic (exact) mass is 237 g/mol. The van der Waals surface area contributed by atoms with Crippen molar-refractivity contribution in [2.75, 3.05) is 20.1 Å². The first-order valence-corrected chi connectivity index (χ1v) is 6.98. The maximum atomic E-state index is 9.22. The smallest absolute Gasteiger partial charge is 0.103 e. The number of nitrogens with zero attached hydrogens (tertiary/aromatic N) is 2. The first-order valence-electron chi connectivity index (χ1n) is 6.98. The quantitative estimate of drug-likeness (QED) is 0.705. The Bertz CT molecular complexity index is 255. The molecule has 0 saturated heterocycles. The molecule has 3 nitrogen and oxygen atoms in total. The predicted octanol–water partition coefficient (Wildman–Crippen LogP) is 2.53. The van der Waals surface area contributed by atoms with E-state index in [1.807, 2.05) is 6.92 Å². The minimum Gasteiger partial charge on any atom is -0.303 e. The van der Waals surface area contributed by atoms with E-state index >= 15 is 0 Å². The van der Waals surface area contributed by atoms with Crippen LogP contribution >= 0.6 is 0 Å². The van der Waals surface area contributed by atoms with E-state index in [2.05, 4.69) is 30.3 Å². The molecule has 17 heavy (non-hydrogen) atoms. The molecule has 0 aromatic rings. The molecule has 0 aliphatic heterocycles. The molecule has 1 unspecified atom stereocenters. The van der Waals surface area contributed by atoms with Gasteiger partial charge < -0.3 is 4.90 Å². The van der Waals surface area contributed by atoms with Crippen LogP contribution in [-0.2, 0) is 0 Å². The summed E-state index contributed by atoms with van der Waals surface area (Å²) >= 11 is 0. The molecule has 1 N–H and O–H groups in total. The normalized spacial score (nSPS) is 19.7. The second kappa shape index (κ2) is 6.98. The van der Waals surface area contributed by atoms with Crippen molar-refractivity contribution in [1.82, 2.24) is 10.2 Å². The van der Waals surface area contributed by atoms with Gasteiger partial charge in [0.2, 0.25) is 0 Å². The van der Waals surface area contributed by atoms with Gasteiger partial charge in [0, 0.05) is 6.04 Å². The van der Waals surface area contributed by atoms with E-state index in [1.54, 1.807) is 0 Å². The maximum Gasteiger partial charge on any atom is 0.103 e. The lowest BCUT2D eigenvalue weighted by molar-refractivity contribution is 0.154. The average Bonchev–Trinajstić information content (AvgIpc) is 2.24. The minimum atomic E-state index is -0.337. The molecule has 0 amide bonds. The summed E-state index contributed by atoms with van der Waals surface area (Å²) in [7, 11) is 2.22. The van der Waals surface area contributed by atoms with Crippen LogP contribution in [0.5, 0.6) is 0 Å². The van der Waals surface area contributed by atoms with E-state index in [9.17, 15) is 5.26 Å². The molecule has 1 rings (SSSR count). The number of nitrogens with one attached hydrogen (secondary N) is 1. The van der Waals surface area contributed by atoms with E-state index in [0.29, 0.717) is 0 Å². The molecule has 0 bridgehead atoms. The van der Waals surface area contributed by atoms with Crippen LogP contribution in [0, 0.1) is 11.3 Å². The molecule has 1 aliphatic carbocycles. The van der Waals surface area contributed by atoms with Crippen LogP contribution in [-0.4, -0.2) is 36.6 Å². The van der Waals surface area contributed by atoms with Crippen molar-refractivity contribution in [3.05, 3.63) is 0 Å². The summed E-state index contributed by atoms with van der Waals surface area (Å²) < 4.78 is 0. The van der Waals surface area contributed by atoms with Crippen molar-refractivity contribution in [3.63, 3.8) is 0 Å². The summed E-state index contributed by atoms with van der Waals surface area (Å²) in [6.45, 7) is 6.21. The molecule has 1 aliphatic rings. The Morgan fingerprint density at radius 1 is 1.47 bits per heavy atom. The Hall–Kier alpha value is -0.590. The zero-order chi connectivity index (χ0) is 12.7. The highest BCUT2D eigenvalue weighted by Gasteiger charge is 2.24. The van der Waals surface area contributed by atoms with Gasteiger partial charge in [-0.05, 0) is 59.2 Å². The van der Waals surface area contributed by atoms with Gasteiger partial charge in [0.1, 0.15) is 5.54 Å². The van der Waals surface area contributed by atoms with Crippen LogP contribution in [0.25, 0.3) is 0 Å². The Morgan fingerprint density at radius 3 is 2.65 bits per heavy atom. The molecular formula is C14H27N3. The van der Waals surface area contributed by atoms with Crippen LogP contribution in [0.3, 0.4) is 0 Å². The second-order valence-electron chi connectivity index (χ2n) is 5.54. The van der Waals surface area contributed by atoms with Gasteiger partial charge in [-0.1, -0.05) is 13.3 Å². The lowest BCUT2D eigenvalue weighted by Gasteiger charge is -2.35. The highest BCUT2D eigenvalue weighted by atomic mass is 15.1. The van der Waals surface area contributed by atoms with Crippen molar-refractivity contribution in [2.24, 2.45) is 0 Å². The SMILES string of the molecule is CCCNC(C)(C#N)CCCN(C)C1CCC1. The van der Waals surface area contributed by atoms with Crippen molar-refractivity contribution < 1.29 is 0 Å². The van der Waals surface area contributed by atoms with Gasteiger partial charge in [-0.15, -0.1) is 0 Å². The summed E-state index contributed by atoms with van der Waals surface area (Å²) in [6.07, 6.45) is 7.25. The first-order chi connectivity index (χ1) is 8.11. The topological polar surface area (TPSA) is 39.1 Å². The molecule has 3 heteroatoms. The van der Waals surface area contributed by atoms with E-state index in [4.69, 9.17) is 0 Å². The third-order valence-electron chi connectivity index (χ3n) is 3.90. The summed E-state index contributed by atoms with van der Waals surface area (Å²) in [5.74, 6) is 0. The summed E-state index contributed by atoms with van der Waals surface area (Å²) in [6, 6.07) is 3.23. The lowest BCUT2D eigenvalue weighted by atomic mass is 9.91. The number of hydrogen-bond donors (Lipinski definition) is 1. The molecule has 0 aromatic heterocycles.